The largest absolute Gasteiger partial charge is 0.370 e. The van der Waals surface area contributed by atoms with Crippen LogP contribution in [0.25, 0.3) is 0 Å². The van der Waals surface area contributed by atoms with Gasteiger partial charge in [-0.05, 0) is 5.56 Å². The van der Waals surface area contributed by atoms with Gasteiger partial charge in [0, 0.05) is 7.05 Å². The van der Waals surface area contributed by atoms with Gasteiger partial charge in [-0.3, -0.25) is 0 Å². The summed E-state index contributed by atoms with van der Waals surface area (Å²) >= 11 is 0. The highest BCUT2D eigenvalue weighted by Gasteiger charge is 2.00. The third kappa shape index (κ3) is 4.86. The molecule has 1 aromatic carbocycles. The quantitative estimate of drug-likeness (QED) is 0.478. The van der Waals surface area contributed by atoms with Crippen LogP contribution in [0.15, 0.2) is 41.7 Å². The van der Waals surface area contributed by atoms with Crippen molar-refractivity contribution in [2.24, 2.45) is 17.8 Å². The lowest BCUT2D eigenvalue weighted by molar-refractivity contribution is 0.743. The molecule has 0 saturated carbocycles. The van der Waals surface area contributed by atoms with Crippen LogP contribution in [0.2, 0.25) is 0 Å². The molecular weight excluding hydrogens is 355 g/mol. The van der Waals surface area contributed by atoms with Crippen LogP contribution in [-0.4, -0.2) is 20.7 Å². The molecule has 7 heteroatoms. The smallest absolute Gasteiger partial charge is 0.189 e. The second kappa shape index (κ2) is 7.72. The molecule has 6 nitrogen and oxygen atoms in total. The molecule has 0 spiro atoms. The van der Waals surface area contributed by atoms with E-state index in [1.165, 1.54) is 0 Å². The van der Waals surface area contributed by atoms with Gasteiger partial charge in [-0.15, -0.1) is 34.2 Å². The fourth-order valence-electron chi connectivity index (χ4n) is 1.45. The minimum Gasteiger partial charge on any atom is -0.370 e. The van der Waals surface area contributed by atoms with Crippen molar-refractivity contribution < 1.29 is 0 Å². The number of nitrogens with zero attached hydrogens (tertiary/aromatic N) is 4. The summed E-state index contributed by atoms with van der Waals surface area (Å²) in [6, 6.07) is 9.96. The molecule has 0 bridgehead atoms. The van der Waals surface area contributed by atoms with Crippen molar-refractivity contribution in [1.29, 1.82) is 0 Å². The molecule has 0 fully saturated rings. The number of nitrogens with one attached hydrogen (secondary N) is 1. The fourth-order valence-corrected chi connectivity index (χ4v) is 1.45. The van der Waals surface area contributed by atoms with E-state index in [0.717, 1.165) is 11.4 Å². The molecule has 2 aromatic rings. The van der Waals surface area contributed by atoms with E-state index in [0.29, 0.717) is 19.0 Å². The van der Waals surface area contributed by atoms with Crippen LogP contribution in [0.3, 0.4) is 0 Å². The Hall–Kier alpha value is -1.64. The number of aliphatic imine (C=N–C) groups is 1. The minimum absolute atomic E-state index is 0. The van der Waals surface area contributed by atoms with Crippen molar-refractivity contribution in [1.82, 2.24) is 20.1 Å². The first-order chi connectivity index (χ1) is 8.75. The highest BCUT2D eigenvalue weighted by Crippen LogP contribution is 1.99. The van der Waals surface area contributed by atoms with Crippen LogP contribution >= 0.6 is 24.0 Å². The first kappa shape index (κ1) is 15.4. The number of aromatic nitrogens is 3. The molecule has 0 aliphatic carbocycles. The number of guanidine groups is 1. The highest BCUT2D eigenvalue weighted by atomic mass is 127. The first-order valence-electron chi connectivity index (χ1n) is 5.66. The SMILES string of the molecule is Cn1cnnc1CNC(N)=NCc1ccccc1.I. The zero-order chi connectivity index (χ0) is 12.8. The lowest BCUT2D eigenvalue weighted by Gasteiger charge is -2.04. The van der Waals surface area contributed by atoms with Crippen LogP contribution in [0.4, 0.5) is 0 Å². The fraction of sp³-hybridized carbons (Fsp3) is 0.250. The minimum atomic E-state index is 0. The van der Waals surface area contributed by atoms with Crippen LogP contribution in [0.5, 0.6) is 0 Å². The maximum Gasteiger partial charge on any atom is 0.189 e. The summed E-state index contributed by atoms with van der Waals surface area (Å²) in [7, 11) is 1.88. The third-order valence-corrected chi connectivity index (χ3v) is 2.51. The van der Waals surface area contributed by atoms with E-state index in [-0.39, 0.29) is 24.0 Å². The van der Waals surface area contributed by atoms with Gasteiger partial charge in [-0.2, -0.15) is 0 Å². The molecule has 0 aliphatic rings. The maximum absolute atomic E-state index is 5.77. The second-order valence-corrected chi connectivity index (χ2v) is 3.90. The van der Waals surface area contributed by atoms with Crippen molar-refractivity contribution in [2.75, 3.05) is 0 Å². The van der Waals surface area contributed by atoms with Crippen molar-refractivity contribution in [3.05, 3.63) is 48.0 Å². The molecule has 0 amide bonds. The van der Waals surface area contributed by atoms with Gasteiger partial charge in [0.25, 0.3) is 0 Å². The molecule has 0 atom stereocenters. The van der Waals surface area contributed by atoms with Crippen LogP contribution in [0, 0.1) is 0 Å². The molecular formula is C12H17IN6. The van der Waals surface area contributed by atoms with E-state index in [1.54, 1.807) is 6.33 Å². The lowest BCUT2D eigenvalue weighted by Crippen LogP contribution is -2.32. The van der Waals surface area contributed by atoms with Crippen LogP contribution in [-0.2, 0) is 20.1 Å². The van der Waals surface area contributed by atoms with E-state index >= 15 is 0 Å². The van der Waals surface area contributed by atoms with E-state index in [2.05, 4.69) is 20.5 Å². The summed E-state index contributed by atoms with van der Waals surface area (Å²) in [4.78, 5) is 4.25. The van der Waals surface area contributed by atoms with Gasteiger partial charge in [-0.1, -0.05) is 30.3 Å². The predicted octanol–water partition coefficient (Wildman–Crippen LogP) is 1.04. The van der Waals surface area contributed by atoms with Crippen LogP contribution < -0.4 is 11.1 Å². The molecule has 0 unspecified atom stereocenters. The number of halogens is 1. The molecule has 0 saturated heterocycles. The standard InChI is InChI=1S/C12H16N6.HI/c1-18-9-16-17-11(18)8-15-12(13)14-7-10-5-3-2-4-6-10;/h2-6,9H,7-8H2,1H3,(H3,13,14,15);1H. The Labute approximate surface area is 129 Å². The summed E-state index contributed by atoms with van der Waals surface area (Å²) < 4.78 is 1.83. The predicted molar refractivity (Wildman–Crippen MR) is 85.0 cm³/mol. The summed E-state index contributed by atoms with van der Waals surface area (Å²) in [6.45, 7) is 1.08. The van der Waals surface area contributed by atoms with Gasteiger partial charge in [-0.25, -0.2) is 4.99 Å². The van der Waals surface area contributed by atoms with Gasteiger partial charge in [0.15, 0.2) is 11.8 Å². The number of nitrogens with two attached hydrogens (primary N) is 1. The number of hydrogen-bond acceptors (Lipinski definition) is 3. The van der Waals surface area contributed by atoms with Gasteiger partial charge in [0.05, 0.1) is 13.1 Å². The third-order valence-electron chi connectivity index (χ3n) is 2.51. The molecule has 1 aromatic heterocycles. The molecule has 2 rings (SSSR count). The van der Waals surface area contributed by atoms with E-state index < -0.39 is 0 Å². The molecule has 102 valence electrons. The summed E-state index contributed by atoms with van der Waals surface area (Å²) in [5, 5.41) is 10.7. The van der Waals surface area contributed by atoms with Crippen molar-refractivity contribution in [3.8, 4) is 0 Å². The van der Waals surface area contributed by atoms with Gasteiger partial charge in [0.1, 0.15) is 6.33 Å². The molecule has 0 aliphatic heterocycles. The summed E-state index contributed by atoms with van der Waals surface area (Å²) in [5.74, 6) is 1.22. The van der Waals surface area contributed by atoms with Gasteiger partial charge >= 0.3 is 0 Å². The van der Waals surface area contributed by atoms with E-state index in [4.69, 9.17) is 5.73 Å². The molecule has 3 N–H and O–H groups in total. The second-order valence-electron chi connectivity index (χ2n) is 3.90. The zero-order valence-electron chi connectivity index (χ0n) is 10.7. The Bertz CT molecular complexity index is 522. The highest BCUT2D eigenvalue weighted by molar-refractivity contribution is 14.0. The van der Waals surface area contributed by atoms with Crippen LogP contribution in [0.1, 0.15) is 11.4 Å². The average Bonchev–Trinajstić information content (AvgIpc) is 2.81. The molecule has 1 heterocycles. The Kier molecular flexibility index (Phi) is 6.26. The van der Waals surface area contributed by atoms with Gasteiger partial charge < -0.3 is 15.6 Å². The van der Waals surface area contributed by atoms with Gasteiger partial charge in [0.2, 0.25) is 0 Å². The summed E-state index contributed by atoms with van der Waals surface area (Å²) in [5.41, 5.74) is 6.90. The Morgan fingerprint density at radius 2 is 2.11 bits per heavy atom. The molecule has 19 heavy (non-hydrogen) atoms. The number of rotatable bonds is 4. The van der Waals surface area contributed by atoms with Crippen molar-refractivity contribution in [3.63, 3.8) is 0 Å². The Morgan fingerprint density at radius 1 is 1.37 bits per heavy atom. The summed E-state index contributed by atoms with van der Waals surface area (Å²) in [6.07, 6.45) is 1.65. The lowest BCUT2D eigenvalue weighted by atomic mass is 10.2. The Balaban J connectivity index is 0.00000180. The maximum atomic E-state index is 5.77. The monoisotopic (exact) mass is 372 g/mol. The number of benzene rings is 1. The normalized spacial score (nSPS) is 10.9. The average molecular weight is 372 g/mol. The van der Waals surface area contributed by atoms with E-state index in [9.17, 15) is 0 Å². The Morgan fingerprint density at radius 3 is 2.74 bits per heavy atom. The van der Waals surface area contributed by atoms with Crippen molar-refractivity contribution >= 4 is 29.9 Å². The first-order valence-corrected chi connectivity index (χ1v) is 5.66. The van der Waals surface area contributed by atoms with Crippen molar-refractivity contribution in [2.45, 2.75) is 13.1 Å². The van der Waals surface area contributed by atoms with E-state index in [1.807, 2.05) is 41.9 Å². The zero-order valence-corrected chi connectivity index (χ0v) is 13.0. The number of aryl methyl sites for hydroxylation is 1. The topological polar surface area (TPSA) is 81.1 Å². The molecule has 0 radical (unpaired) electrons. The number of hydrogen-bond donors (Lipinski definition) is 2.